The first-order valence-corrected chi connectivity index (χ1v) is 5.61. The number of carboxylic acids is 1. The van der Waals surface area contributed by atoms with Crippen LogP contribution in [0, 0.1) is 0 Å². The molecule has 1 amide bonds. The number of nitrogens with zero attached hydrogens (tertiary/aromatic N) is 3. The number of aromatic nitrogens is 4. The Labute approximate surface area is 112 Å². The normalized spacial score (nSPS) is 11.8. The molecular weight excluding hydrogens is 266 g/mol. The molecule has 0 bridgehead atoms. The van der Waals surface area contributed by atoms with E-state index in [1.54, 1.807) is 18.2 Å². The Bertz CT molecular complexity index is 613. The quantitative estimate of drug-likeness (QED) is 0.551. The summed E-state index contributed by atoms with van der Waals surface area (Å²) in [5, 5.41) is 33.2. The van der Waals surface area contributed by atoms with Gasteiger partial charge in [0.2, 0.25) is 5.82 Å². The predicted molar refractivity (Wildman–Crippen MR) is 65.6 cm³/mol. The van der Waals surface area contributed by atoms with E-state index in [2.05, 4.69) is 25.9 Å². The first-order chi connectivity index (χ1) is 9.58. The minimum absolute atomic E-state index is 0.296. The lowest BCUT2D eigenvalue weighted by Gasteiger charge is -2.08. The number of rotatable bonds is 5. The molecule has 0 spiro atoms. The van der Waals surface area contributed by atoms with Crippen molar-refractivity contribution in [3.63, 3.8) is 0 Å². The van der Waals surface area contributed by atoms with Gasteiger partial charge in [0.15, 0.2) is 6.10 Å². The highest BCUT2D eigenvalue weighted by Crippen LogP contribution is 2.14. The van der Waals surface area contributed by atoms with E-state index in [1.165, 1.54) is 6.07 Å². The molecule has 1 aromatic heterocycles. The third-order valence-corrected chi connectivity index (χ3v) is 2.47. The summed E-state index contributed by atoms with van der Waals surface area (Å²) in [7, 11) is 0. The van der Waals surface area contributed by atoms with Gasteiger partial charge in [-0.05, 0) is 17.3 Å². The minimum Gasteiger partial charge on any atom is -0.479 e. The van der Waals surface area contributed by atoms with E-state index in [4.69, 9.17) is 10.2 Å². The van der Waals surface area contributed by atoms with Crippen molar-refractivity contribution in [2.75, 3.05) is 6.54 Å². The van der Waals surface area contributed by atoms with Crippen molar-refractivity contribution in [3.05, 3.63) is 29.8 Å². The second-order valence-electron chi connectivity index (χ2n) is 3.88. The number of carboxylic acid groups (broad SMARTS) is 1. The molecule has 9 nitrogen and oxygen atoms in total. The van der Waals surface area contributed by atoms with Crippen molar-refractivity contribution in [1.29, 1.82) is 0 Å². The van der Waals surface area contributed by atoms with Crippen LogP contribution < -0.4 is 5.32 Å². The number of aliphatic hydroxyl groups is 1. The van der Waals surface area contributed by atoms with Gasteiger partial charge in [-0.2, -0.15) is 5.21 Å². The number of amides is 1. The monoisotopic (exact) mass is 277 g/mol. The number of benzene rings is 1. The van der Waals surface area contributed by atoms with Crippen molar-refractivity contribution in [3.8, 4) is 11.4 Å². The number of H-pyrrole nitrogens is 1. The van der Waals surface area contributed by atoms with Crippen LogP contribution in [0.2, 0.25) is 0 Å². The fourth-order valence-corrected chi connectivity index (χ4v) is 1.46. The van der Waals surface area contributed by atoms with E-state index < -0.39 is 18.0 Å². The first kappa shape index (κ1) is 13.6. The Morgan fingerprint density at radius 3 is 2.85 bits per heavy atom. The van der Waals surface area contributed by atoms with Crippen LogP contribution in [0.1, 0.15) is 10.4 Å². The number of tetrazole rings is 1. The number of aliphatic carboxylic acids is 1. The lowest BCUT2D eigenvalue weighted by atomic mass is 10.1. The van der Waals surface area contributed by atoms with E-state index in [0.29, 0.717) is 17.0 Å². The van der Waals surface area contributed by atoms with Crippen LogP contribution >= 0.6 is 0 Å². The van der Waals surface area contributed by atoms with Crippen molar-refractivity contribution >= 4 is 11.9 Å². The van der Waals surface area contributed by atoms with Gasteiger partial charge in [0, 0.05) is 11.1 Å². The van der Waals surface area contributed by atoms with Gasteiger partial charge >= 0.3 is 5.97 Å². The summed E-state index contributed by atoms with van der Waals surface area (Å²) in [5.74, 6) is -1.56. The lowest BCUT2D eigenvalue weighted by Crippen LogP contribution is -2.36. The molecule has 0 unspecified atom stereocenters. The summed E-state index contributed by atoms with van der Waals surface area (Å²) in [6, 6.07) is 6.42. The Morgan fingerprint density at radius 1 is 1.40 bits per heavy atom. The Balaban J connectivity index is 2.07. The Kier molecular flexibility index (Phi) is 4.01. The van der Waals surface area contributed by atoms with Crippen molar-refractivity contribution in [1.82, 2.24) is 25.9 Å². The van der Waals surface area contributed by atoms with E-state index in [-0.39, 0.29) is 6.54 Å². The molecule has 1 aromatic carbocycles. The van der Waals surface area contributed by atoms with Crippen LogP contribution in [-0.4, -0.2) is 55.4 Å². The number of carbonyl (C=O) groups excluding carboxylic acids is 1. The first-order valence-electron chi connectivity index (χ1n) is 5.61. The fraction of sp³-hybridized carbons (Fsp3) is 0.182. The summed E-state index contributed by atoms with van der Waals surface area (Å²) in [6.45, 7) is -0.374. The number of aromatic amines is 1. The smallest absolute Gasteiger partial charge is 0.334 e. The van der Waals surface area contributed by atoms with Gasteiger partial charge in [0.1, 0.15) is 0 Å². The highest BCUT2D eigenvalue weighted by atomic mass is 16.4. The SMILES string of the molecule is O=C(NC[C@H](O)C(=O)O)c1cccc(-c2nn[nH]n2)c1. The maximum atomic E-state index is 11.8. The second-order valence-corrected chi connectivity index (χ2v) is 3.88. The Hall–Kier alpha value is -2.81. The average Bonchev–Trinajstić information content (AvgIpc) is 2.98. The lowest BCUT2D eigenvalue weighted by molar-refractivity contribution is -0.146. The van der Waals surface area contributed by atoms with Crippen LogP contribution in [0.3, 0.4) is 0 Å². The number of nitrogens with one attached hydrogen (secondary N) is 2. The maximum absolute atomic E-state index is 11.8. The standard InChI is InChI=1S/C11H11N5O4/c17-8(11(19)20)5-12-10(18)7-3-1-2-6(4-7)9-13-15-16-14-9/h1-4,8,17H,5H2,(H,12,18)(H,19,20)(H,13,14,15,16)/t8-/m0/s1. The molecule has 0 radical (unpaired) electrons. The number of aliphatic hydroxyl groups excluding tert-OH is 1. The summed E-state index contributed by atoms with van der Waals surface area (Å²) in [4.78, 5) is 22.2. The predicted octanol–water partition coefficient (Wildman–Crippen LogP) is -0.958. The molecule has 1 atom stereocenters. The van der Waals surface area contributed by atoms with E-state index in [0.717, 1.165) is 0 Å². The highest BCUT2D eigenvalue weighted by molar-refractivity contribution is 5.95. The largest absolute Gasteiger partial charge is 0.479 e. The molecule has 1 heterocycles. The molecule has 0 aliphatic carbocycles. The molecule has 4 N–H and O–H groups in total. The summed E-state index contributed by atoms with van der Waals surface area (Å²) >= 11 is 0. The number of hydrogen-bond acceptors (Lipinski definition) is 6. The van der Waals surface area contributed by atoms with Gasteiger partial charge in [0.05, 0.1) is 6.54 Å². The molecule has 0 aliphatic heterocycles. The maximum Gasteiger partial charge on any atom is 0.334 e. The molecule has 2 rings (SSSR count). The molecule has 0 saturated heterocycles. The number of hydrogen-bond donors (Lipinski definition) is 4. The molecule has 2 aromatic rings. The van der Waals surface area contributed by atoms with Crippen molar-refractivity contribution < 1.29 is 19.8 Å². The summed E-state index contributed by atoms with van der Waals surface area (Å²) in [5.41, 5.74) is 0.884. The summed E-state index contributed by atoms with van der Waals surface area (Å²) in [6.07, 6.45) is -1.64. The molecule has 104 valence electrons. The third-order valence-electron chi connectivity index (χ3n) is 2.47. The van der Waals surface area contributed by atoms with E-state index in [1.807, 2.05) is 0 Å². The van der Waals surface area contributed by atoms with Gasteiger partial charge in [-0.15, -0.1) is 10.2 Å². The summed E-state index contributed by atoms with van der Waals surface area (Å²) < 4.78 is 0. The molecule has 0 aliphatic rings. The van der Waals surface area contributed by atoms with E-state index >= 15 is 0 Å². The molecular formula is C11H11N5O4. The van der Waals surface area contributed by atoms with Crippen LogP contribution in [0.15, 0.2) is 24.3 Å². The molecule has 0 saturated carbocycles. The zero-order valence-corrected chi connectivity index (χ0v) is 10.1. The molecule has 0 fully saturated rings. The van der Waals surface area contributed by atoms with Gasteiger partial charge in [-0.25, -0.2) is 4.79 Å². The topological polar surface area (TPSA) is 141 Å². The van der Waals surface area contributed by atoms with Crippen LogP contribution in [-0.2, 0) is 4.79 Å². The van der Waals surface area contributed by atoms with Crippen LogP contribution in [0.4, 0.5) is 0 Å². The van der Waals surface area contributed by atoms with Gasteiger partial charge < -0.3 is 15.5 Å². The van der Waals surface area contributed by atoms with Crippen LogP contribution in [0.5, 0.6) is 0 Å². The van der Waals surface area contributed by atoms with Crippen molar-refractivity contribution in [2.24, 2.45) is 0 Å². The van der Waals surface area contributed by atoms with Gasteiger partial charge in [-0.1, -0.05) is 12.1 Å². The highest BCUT2D eigenvalue weighted by Gasteiger charge is 2.15. The van der Waals surface area contributed by atoms with Gasteiger partial charge in [-0.3, -0.25) is 4.79 Å². The average molecular weight is 277 g/mol. The number of carbonyl (C=O) groups is 2. The zero-order valence-electron chi connectivity index (χ0n) is 10.1. The zero-order chi connectivity index (χ0) is 14.5. The minimum atomic E-state index is -1.64. The second kappa shape index (κ2) is 5.89. The van der Waals surface area contributed by atoms with Gasteiger partial charge in [0.25, 0.3) is 5.91 Å². The molecule has 9 heteroatoms. The van der Waals surface area contributed by atoms with E-state index in [9.17, 15) is 9.59 Å². The van der Waals surface area contributed by atoms with Crippen molar-refractivity contribution in [2.45, 2.75) is 6.10 Å². The molecule has 20 heavy (non-hydrogen) atoms. The third kappa shape index (κ3) is 3.14. The fourth-order valence-electron chi connectivity index (χ4n) is 1.46. The van der Waals surface area contributed by atoms with Crippen LogP contribution in [0.25, 0.3) is 11.4 Å². The Morgan fingerprint density at radius 2 is 2.20 bits per heavy atom.